The molecule has 1 heterocycles. The lowest BCUT2D eigenvalue weighted by atomic mass is 10.2. The first-order valence-electron chi connectivity index (χ1n) is 6.66. The first kappa shape index (κ1) is 16.0. The van der Waals surface area contributed by atoms with E-state index in [9.17, 15) is 13.2 Å². The van der Waals surface area contributed by atoms with Gasteiger partial charge in [-0.05, 0) is 50.6 Å². The van der Waals surface area contributed by atoms with Crippen LogP contribution in [0.2, 0.25) is 0 Å². The molecule has 0 saturated heterocycles. The van der Waals surface area contributed by atoms with E-state index in [0.29, 0.717) is 17.1 Å². The average molecular weight is 319 g/mol. The van der Waals surface area contributed by atoms with Gasteiger partial charge < -0.3 is 4.42 Å². The standard InChI is InChI=1S/C16H17NO4S/c1-11-4-8-15(12(2)10-11)22(19,20)17-16(18)9-7-14-6-5-13(3)21-14/h4-10H,1-3H3,(H,17,18)/b9-7+. The molecule has 5 nitrogen and oxygen atoms in total. The fraction of sp³-hybridized carbons (Fsp3) is 0.188. The van der Waals surface area contributed by atoms with Gasteiger partial charge in [-0.3, -0.25) is 4.79 Å². The summed E-state index contributed by atoms with van der Waals surface area (Å²) in [6.45, 7) is 5.34. The smallest absolute Gasteiger partial charge is 0.264 e. The number of sulfonamides is 1. The molecule has 0 spiro atoms. The highest BCUT2D eigenvalue weighted by Crippen LogP contribution is 2.16. The molecule has 22 heavy (non-hydrogen) atoms. The molecular formula is C16H17NO4S. The zero-order chi connectivity index (χ0) is 16.3. The molecule has 0 unspecified atom stereocenters. The second-order valence-corrected chi connectivity index (χ2v) is 6.67. The Morgan fingerprint density at radius 1 is 1.14 bits per heavy atom. The molecule has 1 amide bonds. The molecule has 0 atom stereocenters. The Hall–Kier alpha value is -2.34. The van der Waals surface area contributed by atoms with Crippen LogP contribution in [0.3, 0.4) is 0 Å². The molecule has 0 radical (unpaired) electrons. The number of rotatable bonds is 4. The van der Waals surface area contributed by atoms with Gasteiger partial charge in [0.15, 0.2) is 0 Å². The summed E-state index contributed by atoms with van der Waals surface area (Å²) < 4.78 is 31.7. The van der Waals surface area contributed by atoms with Crippen molar-refractivity contribution in [1.29, 1.82) is 0 Å². The summed E-state index contributed by atoms with van der Waals surface area (Å²) in [7, 11) is -3.89. The van der Waals surface area contributed by atoms with E-state index in [1.165, 1.54) is 12.1 Å². The maximum Gasteiger partial charge on any atom is 0.264 e. The molecular weight excluding hydrogens is 302 g/mol. The molecule has 0 saturated carbocycles. The Balaban J connectivity index is 2.14. The minimum atomic E-state index is -3.89. The summed E-state index contributed by atoms with van der Waals surface area (Å²) >= 11 is 0. The molecule has 1 aromatic carbocycles. The van der Waals surface area contributed by atoms with Crippen molar-refractivity contribution in [2.75, 3.05) is 0 Å². The number of furan rings is 1. The van der Waals surface area contributed by atoms with Crippen LogP contribution in [-0.2, 0) is 14.8 Å². The number of hydrogen-bond donors (Lipinski definition) is 1. The van der Waals surface area contributed by atoms with E-state index >= 15 is 0 Å². The molecule has 0 aliphatic heterocycles. The molecule has 0 aliphatic rings. The predicted molar refractivity (Wildman–Crippen MR) is 83.7 cm³/mol. The predicted octanol–water partition coefficient (Wildman–Crippen LogP) is 2.72. The highest BCUT2D eigenvalue weighted by Gasteiger charge is 2.18. The van der Waals surface area contributed by atoms with Crippen molar-refractivity contribution in [3.8, 4) is 0 Å². The van der Waals surface area contributed by atoms with Crippen LogP contribution >= 0.6 is 0 Å². The van der Waals surface area contributed by atoms with E-state index in [2.05, 4.69) is 0 Å². The zero-order valence-electron chi connectivity index (χ0n) is 12.6. The Kier molecular flexibility index (Phi) is 4.51. The maximum absolute atomic E-state index is 12.2. The van der Waals surface area contributed by atoms with Crippen molar-refractivity contribution in [3.63, 3.8) is 0 Å². The number of amides is 1. The van der Waals surface area contributed by atoms with Crippen molar-refractivity contribution in [2.45, 2.75) is 25.7 Å². The average Bonchev–Trinajstić information content (AvgIpc) is 2.81. The summed E-state index contributed by atoms with van der Waals surface area (Å²) in [4.78, 5) is 11.9. The summed E-state index contributed by atoms with van der Waals surface area (Å²) in [5.74, 6) is 0.466. The second kappa shape index (κ2) is 6.19. The van der Waals surface area contributed by atoms with Crippen LogP contribution in [0.5, 0.6) is 0 Å². The molecule has 0 bridgehead atoms. The molecule has 116 valence electrons. The summed E-state index contributed by atoms with van der Waals surface area (Å²) in [6, 6.07) is 8.37. The number of nitrogens with one attached hydrogen (secondary N) is 1. The third kappa shape index (κ3) is 3.85. The van der Waals surface area contributed by atoms with Gasteiger partial charge in [0.25, 0.3) is 15.9 Å². The van der Waals surface area contributed by atoms with Gasteiger partial charge in [-0.2, -0.15) is 0 Å². The number of aryl methyl sites for hydroxylation is 3. The summed E-state index contributed by atoms with van der Waals surface area (Å²) in [6.07, 6.45) is 2.54. The van der Waals surface area contributed by atoms with Gasteiger partial charge in [0.2, 0.25) is 0 Å². The van der Waals surface area contributed by atoms with Crippen molar-refractivity contribution in [2.24, 2.45) is 0 Å². The molecule has 0 aliphatic carbocycles. The number of carbonyl (C=O) groups excluding carboxylic acids is 1. The van der Waals surface area contributed by atoms with Crippen LogP contribution in [0.25, 0.3) is 6.08 Å². The van der Waals surface area contributed by atoms with E-state index in [4.69, 9.17) is 4.42 Å². The van der Waals surface area contributed by atoms with Crippen molar-refractivity contribution in [1.82, 2.24) is 4.72 Å². The topological polar surface area (TPSA) is 76.4 Å². The Bertz CT molecular complexity index is 832. The molecule has 2 aromatic rings. The highest BCUT2D eigenvalue weighted by atomic mass is 32.2. The van der Waals surface area contributed by atoms with Crippen molar-refractivity contribution >= 4 is 22.0 Å². The van der Waals surface area contributed by atoms with E-state index in [1.54, 1.807) is 38.1 Å². The minimum Gasteiger partial charge on any atom is -0.462 e. The Morgan fingerprint density at radius 2 is 1.86 bits per heavy atom. The summed E-state index contributed by atoms with van der Waals surface area (Å²) in [5, 5.41) is 0. The number of benzene rings is 1. The normalized spacial score (nSPS) is 11.8. The van der Waals surface area contributed by atoms with Crippen molar-refractivity contribution < 1.29 is 17.6 Å². The van der Waals surface area contributed by atoms with Gasteiger partial charge in [0.1, 0.15) is 11.5 Å². The quantitative estimate of drug-likeness (QED) is 0.879. The van der Waals surface area contributed by atoms with E-state index in [0.717, 1.165) is 11.6 Å². The van der Waals surface area contributed by atoms with Crippen LogP contribution < -0.4 is 4.72 Å². The van der Waals surface area contributed by atoms with Gasteiger partial charge >= 0.3 is 0 Å². The summed E-state index contributed by atoms with van der Waals surface area (Å²) in [5.41, 5.74) is 1.54. The minimum absolute atomic E-state index is 0.0914. The van der Waals surface area contributed by atoms with Crippen molar-refractivity contribution in [3.05, 3.63) is 59.1 Å². The molecule has 6 heteroatoms. The van der Waals surface area contributed by atoms with Gasteiger partial charge in [-0.25, -0.2) is 13.1 Å². The van der Waals surface area contributed by atoms with Gasteiger partial charge in [0.05, 0.1) is 4.90 Å². The lowest BCUT2D eigenvalue weighted by Gasteiger charge is -2.08. The maximum atomic E-state index is 12.2. The van der Waals surface area contributed by atoms with Crippen LogP contribution in [0.4, 0.5) is 0 Å². The van der Waals surface area contributed by atoms with E-state index < -0.39 is 15.9 Å². The van der Waals surface area contributed by atoms with Gasteiger partial charge in [-0.1, -0.05) is 17.7 Å². The van der Waals surface area contributed by atoms with Crippen LogP contribution in [-0.4, -0.2) is 14.3 Å². The largest absolute Gasteiger partial charge is 0.462 e. The second-order valence-electron chi connectivity index (χ2n) is 5.02. The lowest BCUT2D eigenvalue weighted by molar-refractivity contribution is -0.114. The first-order valence-corrected chi connectivity index (χ1v) is 8.15. The van der Waals surface area contributed by atoms with Crippen LogP contribution in [0, 0.1) is 20.8 Å². The lowest BCUT2D eigenvalue weighted by Crippen LogP contribution is -2.29. The Morgan fingerprint density at radius 3 is 2.45 bits per heavy atom. The molecule has 0 fully saturated rings. The third-order valence-electron chi connectivity index (χ3n) is 3.02. The first-order chi connectivity index (χ1) is 10.3. The van der Waals surface area contributed by atoms with E-state index in [-0.39, 0.29) is 4.90 Å². The van der Waals surface area contributed by atoms with Crippen LogP contribution in [0.15, 0.2) is 45.7 Å². The molecule has 1 aromatic heterocycles. The van der Waals surface area contributed by atoms with E-state index in [1.807, 2.05) is 11.6 Å². The van der Waals surface area contributed by atoms with Gasteiger partial charge in [-0.15, -0.1) is 0 Å². The zero-order valence-corrected chi connectivity index (χ0v) is 13.4. The third-order valence-corrected chi connectivity index (χ3v) is 4.52. The highest BCUT2D eigenvalue weighted by molar-refractivity contribution is 7.90. The molecule has 1 N–H and O–H groups in total. The Labute approximate surface area is 129 Å². The molecule has 2 rings (SSSR count). The SMILES string of the molecule is Cc1ccc(S(=O)(=O)NC(=O)/C=C/c2ccc(C)o2)c(C)c1. The van der Waals surface area contributed by atoms with Crippen LogP contribution in [0.1, 0.15) is 22.6 Å². The van der Waals surface area contributed by atoms with Gasteiger partial charge in [0, 0.05) is 6.08 Å². The fourth-order valence-corrected chi connectivity index (χ4v) is 3.20. The monoisotopic (exact) mass is 319 g/mol. The number of carbonyl (C=O) groups is 1. The number of hydrogen-bond acceptors (Lipinski definition) is 4. The fourth-order valence-electron chi connectivity index (χ4n) is 2.02.